The zero-order valence-corrected chi connectivity index (χ0v) is 17.5. The number of carbonyl (C=O) groups is 2. The van der Waals surface area contributed by atoms with Crippen LogP contribution in [0.1, 0.15) is 28.8 Å². The highest BCUT2D eigenvalue weighted by Gasteiger charge is 2.54. The second kappa shape index (κ2) is 8.26. The molecule has 1 spiro atoms. The van der Waals surface area contributed by atoms with E-state index in [-0.39, 0.29) is 12.5 Å². The minimum Gasteiger partial charge on any atom is -0.480 e. The predicted molar refractivity (Wildman–Crippen MR) is 111 cm³/mol. The average molecular weight is 459 g/mol. The number of aliphatic carboxylic acids is 1. The van der Waals surface area contributed by atoms with E-state index in [1.165, 1.54) is 10.5 Å². The van der Waals surface area contributed by atoms with Crippen molar-refractivity contribution in [1.82, 2.24) is 9.80 Å². The summed E-state index contributed by atoms with van der Waals surface area (Å²) in [6.45, 7) is 2.33. The number of ether oxygens (including phenoxy) is 1. The number of carboxylic acids is 1. The zero-order valence-electron chi connectivity index (χ0n) is 16.0. The molecule has 2 fully saturated rings. The molecule has 152 valence electrons. The van der Waals surface area contributed by atoms with Crippen LogP contribution in [0, 0.1) is 0 Å². The quantitative estimate of drug-likeness (QED) is 0.760. The van der Waals surface area contributed by atoms with Crippen molar-refractivity contribution in [3.05, 3.63) is 70.2 Å². The van der Waals surface area contributed by atoms with Gasteiger partial charge in [0.2, 0.25) is 0 Å². The van der Waals surface area contributed by atoms with Crippen LogP contribution in [0.25, 0.3) is 0 Å². The van der Waals surface area contributed by atoms with E-state index in [9.17, 15) is 14.7 Å². The molecule has 2 aliphatic rings. The molecule has 7 heteroatoms. The van der Waals surface area contributed by atoms with Gasteiger partial charge in [0, 0.05) is 42.5 Å². The Bertz CT molecular complexity index is 897. The minimum absolute atomic E-state index is 0.0216. The number of carboxylic acid groups (broad SMARTS) is 1. The van der Waals surface area contributed by atoms with E-state index >= 15 is 0 Å². The first-order valence-electron chi connectivity index (χ1n) is 9.71. The number of hydrogen-bond donors (Lipinski definition) is 1. The van der Waals surface area contributed by atoms with Gasteiger partial charge in [-0.25, -0.2) is 4.79 Å². The third-order valence-electron chi connectivity index (χ3n) is 5.72. The van der Waals surface area contributed by atoms with Gasteiger partial charge in [-0.05, 0) is 23.8 Å². The standard InChI is InChI=1S/C22H23BrN2O4/c23-18-8-4-7-17(13-18)20(26)25-19(21(27)28)15-29-22(25)9-11-24(12-10-22)14-16-5-2-1-3-6-16/h1-8,13,19H,9-12,14-15H2,(H,27,28)/t19-/m1/s1. The molecule has 1 N–H and O–H groups in total. The molecule has 2 aromatic rings. The second-order valence-corrected chi connectivity index (χ2v) is 8.47. The second-order valence-electron chi connectivity index (χ2n) is 7.56. The summed E-state index contributed by atoms with van der Waals surface area (Å²) in [6.07, 6.45) is 1.17. The summed E-state index contributed by atoms with van der Waals surface area (Å²) in [5.74, 6) is -1.33. The minimum atomic E-state index is -1.03. The monoisotopic (exact) mass is 458 g/mol. The van der Waals surface area contributed by atoms with Gasteiger partial charge < -0.3 is 9.84 Å². The van der Waals surface area contributed by atoms with Gasteiger partial charge in [0.15, 0.2) is 6.04 Å². The van der Waals surface area contributed by atoms with E-state index in [1.807, 2.05) is 24.3 Å². The molecule has 6 nitrogen and oxygen atoms in total. The molecule has 2 aromatic carbocycles. The summed E-state index contributed by atoms with van der Waals surface area (Å²) in [5.41, 5.74) is 0.832. The van der Waals surface area contributed by atoms with Gasteiger partial charge in [-0.15, -0.1) is 0 Å². The highest BCUT2D eigenvalue weighted by Crippen LogP contribution is 2.39. The highest BCUT2D eigenvalue weighted by atomic mass is 79.9. The number of halogens is 1. The Kier molecular flexibility index (Phi) is 5.72. The summed E-state index contributed by atoms with van der Waals surface area (Å²) in [7, 11) is 0. The summed E-state index contributed by atoms with van der Waals surface area (Å²) in [5, 5.41) is 9.70. The van der Waals surface area contributed by atoms with Gasteiger partial charge in [-0.3, -0.25) is 14.6 Å². The fraction of sp³-hybridized carbons (Fsp3) is 0.364. The van der Waals surface area contributed by atoms with Crippen molar-refractivity contribution in [1.29, 1.82) is 0 Å². The van der Waals surface area contributed by atoms with Crippen LogP contribution in [0.2, 0.25) is 0 Å². The fourth-order valence-corrected chi connectivity index (χ4v) is 4.62. The molecule has 2 saturated heterocycles. The van der Waals surface area contributed by atoms with E-state index in [2.05, 4.69) is 33.0 Å². The lowest BCUT2D eigenvalue weighted by Gasteiger charge is -2.44. The van der Waals surface area contributed by atoms with Crippen molar-refractivity contribution in [3.63, 3.8) is 0 Å². The van der Waals surface area contributed by atoms with E-state index in [1.54, 1.807) is 18.2 Å². The number of hydrogen-bond acceptors (Lipinski definition) is 4. The Morgan fingerprint density at radius 3 is 2.48 bits per heavy atom. The van der Waals surface area contributed by atoms with E-state index in [4.69, 9.17) is 4.74 Å². The molecule has 0 unspecified atom stereocenters. The lowest BCUT2D eigenvalue weighted by molar-refractivity contribution is -0.144. The third-order valence-corrected chi connectivity index (χ3v) is 6.22. The average Bonchev–Trinajstić information content (AvgIpc) is 3.09. The molecule has 4 rings (SSSR count). The molecule has 2 heterocycles. The molecule has 0 bridgehead atoms. The zero-order chi connectivity index (χ0) is 20.4. The van der Waals surface area contributed by atoms with Crippen molar-refractivity contribution in [2.45, 2.75) is 31.2 Å². The number of amides is 1. The Labute approximate surface area is 178 Å². The van der Waals surface area contributed by atoms with Crippen LogP contribution in [0.4, 0.5) is 0 Å². The first-order valence-corrected chi connectivity index (χ1v) is 10.5. The van der Waals surface area contributed by atoms with E-state index < -0.39 is 17.7 Å². The number of benzene rings is 2. The number of piperidine rings is 1. The lowest BCUT2D eigenvalue weighted by atomic mass is 9.96. The molecule has 1 amide bonds. The number of rotatable bonds is 4. The molecule has 1 atom stereocenters. The number of carbonyl (C=O) groups excluding carboxylic acids is 1. The summed E-state index contributed by atoms with van der Waals surface area (Å²) in [4.78, 5) is 28.9. The van der Waals surface area contributed by atoms with Gasteiger partial charge in [0.1, 0.15) is 5.72 Å². The maximum atomic E-state index is 13.3. The van der Waals surface area contributed by atoms with Crippen LogP contribution in [-0.4, -0.2) is 58.2 Å². The van der Waals surface area contributed by atoms with Gasteiger partial charge in [0.25, 0.3) is 5.91 Å². The Morgan fingerprint density at radius 2 is 1.83 bits per heavy atom. The molecular weight excluding hydrogens is 436 g/mol. The molecule has 29 heavy (non-hydrogen) atoms. The number of likely N-dealkylation sites (tertiary alicyclic amines) is 1. The third kappa shape index (κ3) is 4.08. The van der Waals surface area contributed by atoms with Gasteiger partial charge in [0.05, 0.1) is 6.61 Å². The Hall–Kier alpha value is -2.22. The van der Waals surface area contributed by atoms with E-state index in [0.717, 1.165) is 24.1 Å². The maximum absolute atomic E-state index is 13.3. The molecule has 2 aliphatic heterocycles. The van der Waals surface area contributed by atoms with Crippen LogP contribution >= 0.6 is 15.9 Å². The first-order chi connectivity index (χ1) is 14.0. The molecule has 0 radical (unpaired) electrons. The largest absolute Gasteiger partial charge is 0.480 e. The summed E-state index contributed by atoms with van der Waals surface area (Å²) in [6, 6.07) is 16.3. The van der Waals surface area contributed by atoms with Gasteiger partial charge in [-0.1, -0.05) is 52.3 Å². The predicted octanol–water partition coefficient (Wildman–Crippen LogP) is 3.37. The van der Waals surface area contributed by atoms with Crippen molar-refractivity contribution < 1.29 is 19.4 Å². The fourth-order valence-electron chi connectivity index (χ4n) is 4.22. The van der Waals surface area contributed by atoms with Crippen LogP contribution < -0.4 is 0 Å². The topological polar surface area (TPSA) is 70.1 Å². The van der Waals surface area contributed by atoms with Crippen molar-refractivity contribution in [2.24, 2.45) is 0 Å². The van der Waals surface area contributed by atoms with Crippen LogP contribution in [-0.2, 0) is 16.1 Å². The van der Waals surface area contributed by atoms with Crippen molar-refractivity contribution >= 4 is 27.8 Å². The number of nitrogens with zero attached hydrogens (tertiary/aromatic N) is 2. The van der Waals surface area contributed by atoms with Crippen molar-refractivity contribution in [2.75, 3.05) is 19.7 Å². The molecular formula is C22H23BrN2O4. The normalized spacial score (nSPS) is 21.4. The molecule has 0 aromatic heterocycles. The maximum Gasteiger partial charge on any atom is 0.328 e. The summed E-state index contributed by atoms with van der Waals surface area (Å²) < 4.78 is 6.80. The van der Waals surface area contributed by atoms with Gasteiger partial charge >= 0.3 is 5.97 Å². The lowest BCUT2D eigenvalue weighted by Crippen LogP contribution is -2.58. The van der Waals surface area contributed by atoms with Gasteiger partial charge in [-0.2, -0.15) is 0 Å². The first kappa shape index (κ1) is 20.1. The highest BCUT2D eigenvalue weighted by molar-refractivity contribution is 9.10. The summed E-state index contributed by atoms with van der Waals surface area (Å²) >= 11 is 3.39. The van der Waals surface area contributed by atoms with Crippen LogP contribution in [0.5, 0.6) is 0 Å². The molecule has 0 aliphatic carbocycles. The SMILES string of the molecule is O=C(O)[C@H]1COC2(CCN(Cc3ccccc3)CC2)N1C(=O)c1cccc(Br)c1. The van der Waals surface area contributed by atoms with Crippen LogP contribution in [0.3, 0.4) is 0 Å². The smallest absolute Gasteiger partial charge is 0.328 e. The Balaban J connectivity index is 1.54. The molecule has 0 saturated carbocycles. The Morgan fingerprint density at radius 1 is 1.10 bits per heavy atom. The van der Waals surface area contributed by atoms with Crippen molar-refractivity contribution in [3.8, 4) is 0 Å². The van der Waals surface area contributed by atoms with Crippen LogP contribution in [0.15, 0.2) is 59.1 Å². The van der Waals surface area contributed by atoms with E-state index in [0.29, 0.717) is 18.4 Å².